The number of benzene rings is 1. The van der Waals surface area contributed by atoms with Gasteiger partial charge in [0, 0.05) is 11.4 Å². The van der Waals surface area contributed by atoms with Crippen LogP contribution in [0.15, 0.2) is 18.2 Å². The Balaban J connectivity index is 1.95. The molecular formula is C16H19N3O3. The van der Waals surface area contributed by atoms with Gasteiger partial charge in [0.05, 0.1) is 0 Å². The Kier molecular flexibility index (Phi) is 4.60. The molecule has 0 unspecified atom stereocenters. The lowest BCUT2D eigenvalue weighted by molar-refractivity contribution is -0.119. The van der Waals surface area contributed by atoms with E-state index in [4.69, 9.17) is 4.74 Å². The van der Waals surface area contributed by atoms with Crippen molar-refractivity contribution in [3.8, 4) is 0 Å². The van der Waals surface area contributed by atoms with Crippen molar-refractivity contribution >= 4 is 17.6 Å². The van der Waals surface area contributed by atoms with E-state index in [9.17, 15) is 9.59 Å². The zero-order valence-electron chi connectivity index (χ0n) is 13.1. The standard InChI is InChI=1S/C16H19N3O3/c1-9-5-10(2)15(11(3)6-9)17-14(20)8-22-16(21)13-7-12(4)18-19-13/h5-7H,8H2,1-4H3,(H,17,20)(H,18,19). The number of hydrogen-bond donors (Lipinski definition) is 2. The van der Waals surface area contributed by atoms with E-state index in [2.05, 4.69) is 15.5 Å². The van der Waals surface area contributed by atoms with Crippen LogP contribution in [0, 0.1) is 27.7 Å². The van der Waals surface area contributed by atoms with Crippen LogP contribution in [0.2, 0.25) is 0 Å². The molecule has 2 aromatic rings. The number of rotatable bonds is 4. The second-order valence-electron chi connectivity index (χ2n) is 5.33. The van der Waals surface area contributed by atoms with Gasteiger partial charge in [-0.15, -0.1) is 0 Å². The number of nitrogens with zero attached hydrogens (tertiary/aromatic N) is 1. The number of aromatic nitrogens is 2. The lowest BCUT2D eigenvalue weighted by Crippen LogP contribution is -2.22. The molecule has 0 aliphatic heterocycles. The molecule has 6 nitrogen and oxygen atoms in total. The van der Waals surface area contributed by atoms with Crippen LogP contribution in [0.25, 0.3) is 0 Å². The molecule has 1 heterocycles. The number of H-pyrrole nitrogens is 1. The molecule has 0 spiro atoms. The molecule has 0 aliphatic rings. The average Bonchev–Trinajstić information content (AvgIpc) is 2.87. The Morgan fingerprint density at radius 2 is 1.77 bits per heavy atom. The van der Waals surface area contributed by atoms with Crippen molar-refractivity contribution in [3.05, 3.63) is 46.3 Å². The predicted octanol–water partition coefficient (Wildman–Crippen LogP) is 2.44. The van der Waals surface area contributed by atoms with Gasteiger partial charge in [-0.1, -0.05) is 17.7 Å². The van der Waals surface area contributed by atoms with E-state index in [0.29, 0.717) is 0 Å². The minimum absolute atomic E-state index is 0.160. The molecule has 0 atom stereocenters. The summed E-state index contributed by atoms with van der Waals surface area (Å²) in [5.41, 5.74) is 4.74. The summed E-state index contributed by atoms with van der Waals surface area (Å²) in [6, 6.07) is 5.54. The highest BCUT2D eigenvalue weighted by Gasteiger charge is 2.14. The van der Waals surface area contributed by atoms with Gasteiger partial charge in [0.2, 0.25) is 0 Å². The SMILES string of the molecule is Cc1cc(C)c(NC(=O)COC(=O)c2cc(C)[nH]n2)c(C)c1. The highest BCUT2D eigenvalue weighted by atomic mass is 16.5. The fourth-order valence-corrected chi connectivity index (χ4v) is 2.28. The van der Waals surface area contributed by atoms with E-state index in [1.165, 1.54) is 0 Å². The summed E-state index contributed by atoms with van der Waals surface area (Å²) in [5.74, 6) is -1.01. The molecule has 0 radical (unpaired) electrons. The molecule has 22 heavy (non-hydrogen) atoms. The normalized spacial score (nSPS) is 10.4. The maximum absolute atomic E-state index is 11.9. The number of anilines is 1. The minimum Gasteiger partial charge on any atom is -0.451 e. The third-order valence-corrected chi connectivity index (χ3v) is 3.19. The van der Waals surface area contributed by atoms with Crippen LogP contribution >= 0.6 is 0 Å². The molecule has 1 amide bonds. The van der Waals surface area contributed by atoms with Crippen LogP contribution in [0.1, 0.15) is 32.9 Å². The van der Waals surface area contributed by atoms with Crippen molar-refractivity contribution < 1.29 is 14.3 Å². The third-order valence-electron chi connectivity index (χ3n) is 3.19. The third kappa shape index (κ3) is 3.72. The van der Waals surface area contributed by atoms with E-state index in [1.54, 1.807) is 13.0 Å². The highest BCUT2D eigenvalue weighted by molar-refractivity contribution is 5.95. The number of carbonyl (C=O) groups is 2. The number of hydrogen-bond acceptors (Lipinski definition) is 4. The molecule has 1 aromatic heterocycles. The first-order valence-electron chi connectivity index (χ1n) is 6.93. The maximum atomic E-state index is 11.9. The molecule has 0 fully saturated rings. The first kappa shape index (κ1) is 15.8. The number of carbonyl (C=O) groups excluding carboxylic acids is 2. The van der Waals surface area contributed by atoms with Gasteiger partial charge in [-0.05, 0) is 44.9 Å². The van der Waals surface area contributed by atoms with E-state index < -0.39 is 5.97 Å². The van der Waals surface area contributed by atoms with Gasteiger partial charge in [-0.2, -0.15) is 5.10 Å². The summed E-state index contributed by atoms with van der Waals surface area (Å²) >= 11 is 0. The molecule has 0 aliphatic carbocycles. The van der Waals surface area contributed by atoms with Crippen molar-refractivity contribution in [2.45, 2.75) is 27.7 Å². The Labute approximate surface area is 128 Å². The number of aryl methyl sites for hydroxylation is 4. The number of ether oxygens (including phenoxy) is 1. The summed E-state index contributed by atoms with van der Waals surface area (Å²) in [7, 11) is 0. The van der Waals surface area contributed by atoms with E-state index >= 15 is 0 Å². The Morgan fingerprint density at radius 1 is 1.14 bits per heavy atom. The smallest absolute Gasteiger partial charge is 0.359 e. The summed E-state index contributed by atoms with van der Waals surface area (Å²) in [5, 5.41) is 9.20. The largest absolute Gasteiger partial charge is 0.451 e. The molecule has 2 rings (SSSR count). The Bertz CT molecular complexity index is 696. The van der Waals surface area contributed by atoms with Crippen molar-refractivity contribution in [3.63, 3.8) is 0 Å². The Hall–Kier alpha value is -2.63. The van der Waals surface area contributed by atoms with E-state index in [0.717, 1.165) is 28.1 Å². The quantitative estimate of drug-likeness (QED) is 0.850. The second-order valence-corrected chi connectivity index (χ2v) is 5.33. The summed E-state index contributed by atoms with van der Waals surface area (Å²) in [4.78, 5) is 23.6. The lowest BCUT2D eigenvalue weighted by Gasteiger charge is -2.12. The number of amides is 1. The van der Waals surface area contributed by atoms with Gasteiger partial charge in [0.15, 0.2) is 12.3 Å². The van der Waals surface area contributed by atoms with E-state index in [-0.39, 0.29) is 18.2 Å². The van der Waals surface area contributed by atoms with Crippen molar-refractivity contribution in [1.82, 2.24) is 10.2 Å². The van der Waals surface area contributed by atoms with Gasteiger partial charge in [0.1, 0.15) is 0 Å². The molecule has 0 saturated carbocycles. The fourth-order valence-electron chi connectivity index (χ4n) is 2.28. The fraction of sp³-hybridized carbons (Fsp3) is 0.312. The maximum Gasteiger partial charge on any atom is 0.359 e. The van der Waals surface area contributed by atoms with Gasteiger partial charge in [-0.3, -0.25) is 9.89 Å². The molecule has 0 bridgehead atoms. The van der Waals surface area contributed by atoms with E-state index in [1.807, 2.05) is 32.9 Å². The van der Waals surface area contributed by atoms with Crippen LogP contribution in [0.4, 0.5) is 5.69 Å². The topological polar surface area (TPSA) is 84.1 Å². The van der Waals surface area contributed by atoms with Gasteiger partial charge in [0.25, 0.3) is 5.91 Å². The van der Waals surface area contributed by atoms with Gasteiger partial charge in [-0.25, -0.2) is 4.79 Å². The van der Waals surface area contributed by atoms with Crippen LogP contribution in [-0.2, 0) is 9.53 Å². The molecule has 0 saturated heterocycles. The van der Waals surface area contributed by atoms with Crippen molar-refractivity contribution in [2.75, 3.05) is 11.9 Å². The van der Waals surface area contributed by atoms with Gasteiger partial charge < -0.3 is 10.1 Å². The molecule has 116 valence electrons. The average molecular weight is 301 g/mol. The number of nitrogens with one attached hydrogen (secondary N) is 2. The monoisotopic (exact) mass is 301 g/mol. The van der Waals surface area contributed by atoms with Gasteiger partial charge >= 0.3 is 5.97 Å². The van der Waals surface area contributed by atoms with Crippen LogP contribution < -0.4 is 5.32 Å². The lowest BCUT2D eigenvalue weighted by atomic mass is 10.1. The number of esters is 1. The zero-order valence-corrected chi connectivity index (χ0v) is 13.1. The summed E-state index contributed by atoms with van der Waals surface area (Å²) < 4.78 is 4.95. The second kappa shape index (κ2) is 6.43. The minimum atomic E-state index is -0.628. The van der Waals surface area contributed by atoms with Crippen molar-refractivity contribution in [2.24, 2.45) is 0 Å². The van der Waals surface area contributed by atoms with Crippen molar-refractivity contribution in [1.29, 1.82) is 0 Å². The highest BCUT2D eigenvalue weighted by Crippen LogP contribution is 2.21. The summed E-state index contributed by atoms with van der Waals surface area (Å²) in [6.07, 6.45) is 0. The Morgan fingerprint density at radius 3 is 2.32 bits per heavy atom. The van der Waals surface area contributed by atoms with Crippen LogP contribution in [0.5, 0.6) is 0 Å². The number of aromatic amines is 1. The zero-order chi connectivity index (χ0) is 16.3. The molecule has 1 aromatic carbocycles. The van der Waals surface area contributed by atoms with Crippen LogP contribution in [0.3, 0.4) is 0 Å². The first-order valence-corrected chi connectivity index (χ1v) is 6.93. The molecular weight excluding hydrogens is 282 g/mol. The molecule has 6 heteroatoms. The predicted molar refractivity (Wildman–Crippen MR) is 82.9 cm³/mol. The summed E-state index contributed by atoms with van der Waals surface area (Å²) in [6.45, 7) is 7.28. The first-order chi connectivity index (χ1) is 10.4. The van der Waals surface area contributed by atoms with Crippen LogP contribution in [-0.4, -0.2) is 28.7 Å². The molecule has 2 N–H and O–H groups in total.